The zero-order valence-corrected chi connectivity index (χ0v) is 10.2. The summed E-state index contributed by atoms with van der Waals surface area (Å²) in [5, 5.41) is 2.63. The van der Waals surface area contributed by atoms with Gasteiger partial charge in [-0.05, 0) is 6.92 Å². The zero-order chi connectivity index (χ0) is 13.3. The number of carbonyl (C=O) groups excluding carboxylic acids is 3. The standard InChI is InChI=1S/C11H17NO5/c1-4-9(13)12-8(2)7-17-11(15)6-5-10(14)16-3/h5-6,8H,4,7H2,1-3H3,(H,12,13)/b6-5+/t8-/m0/s1. The van der Waals surface area contributed by atoms with Crippen LogP contribution in [-0.2, 0) is 23.9 Å². The number of methoxy groups -OCH3 is 1. The van der Waals surface area contributed by atoms with E-state index in [1.165, 1.54) is 7.11 Å². The Morgan fingerprint density at radius 2 is 1.82 bits per heavy atom. The largest absolute Gasteiger partial charge is 0.466 e. The van der Waals surface area contributed by atoms with Gasteiger partial charge < -0.3 is 14.8 Å². The van der Waals surface area contributed by atoms with E-state index in [1.54, 1.807) is 13.8 Å². The lowest BCUT2D eigenvalue weighted by Gasteiger charge is -2.12. The highest BCUT2D eigenvalue weighted by molar-refractivity contribution is 5.91. The minimum Gasteiger partial charge on any atom is -0.466 e. The predicted molar refractivity (Wildman–Crippen MR) is 60.0 cm³/mol. The number of esters is 2. The van der Waals surface area contributed by atoms with Crippen molar-refractivity contribution < 1.29 is 23.9 Å². The summed E-state index contributed by atoms with van der Waals surface area (Å²) in [5.41, 5.74) is 0. The highest BCUT2D eigenvalue weighted by Crippen LogP contribution is 1.89. The van der Waals surface area contributed by atoms with Gasteiger partial charge in [0, 0.05) is 18.6 Å². The van der Waals surface area contributed by atoms with E-state index >= 15 is 0 Å². The van der Waals surface area contributed by atoms with Crippen molar-refractivity contribution in [1.82, 2.24) is 5.32 Å². The fourth-order valence-corrected chi connectivity index (χ4v) is 0.878. The van der Waals surface area contributed by atoms with Gasteiger partial charge in [0.25, 0.3) is 0 Å². The molecule has 0 aromatic carbocycles. The number of hydrogen-bond donors (Lipinski definition) is 1. The van der Waals surface area contributed by atoms with Gasteiger partial charge in [0.2, 0.25) is 5.91 Å². The van der Waals surface area contributed by atoms with Crippen molar-refractivity contribution in [3.05, 3.63) is 12.2 Å². The van der Waals surface area contributed by atoms with E-state index in [4.69, 9.17) is 4.74 Å². The van der Waals surface area contributed by atoms with E-state index in [0.717, 1.165) is 12.2 Å². The molecule has 0 aliphatic heterocycles. The molecule has 0 unspecified atom stereocenters. The molecule has 0 aromatic rings. The maximum absolute atomic E-state index is 11.1. The average molecular weight is 243 g/mol. The first-order chi connectivity index (χ1) is 7.99. The van der Waals surface area contributed by atoms with Crippen LogP contribution in [0.4, 0.5) is 0 Å². The summed E-state index contributed by atoms with van der Waals surface area (Å²) in [6.07, 6.45) is 2.32. The van der Waals surface area contributed by atoms with Crippen molar-refractivity contribution in [3.8, 4) is 0 Å². The van der Waals surface area contributed by atoms with Gasteiger partial charge in [0.05, 0.1) is 13.2 Å². The third kappa shape index (κ3) is 8.01. The Balaban J connectivity index is 3.87. The van der Waals surface area contributed by atoms with Crippen LogP contribution < -0.4 is 5.32 Å². The molecule has 1 amide bonds. The molecular formula is C11H17NO5. The summed E-state index contributed by atoms with van der Waals surface area (Å²) in [4.78, 5) is 32.8. The van der Waals surface area contributed by atoms with Gasteiger partial charge in [-0.3, -0.25) is 4.79 Å². The SMILES string of the molecule is CCC(=O)N[C@@H](C)COC(=O)/C=C/C(=O)OC. The monoisotopic (exact) mass is 243 g/mol. The normalized spacial score (nSPS) is 11.9. The fourth-order valence-electron chi connectivity index (χ4n) is 0.878. The van der Waals surface area contributed by atoms with Gasteiger partial charge in [-0.25, -0.2) is 9.59 Å². The number of rotatable bonds is 6. The summed E-state index contributed by atoms with van der Waals surface area (Å²) in [7, 11) is 1.21. The Bertz CT molecular complexity index is 311. The lowest BCUT2D eigenvalue weighted by Crippen LogP contribution is -2.35. The van der Waals surface area contributed by atoms with E-state index in [1.807, 2.05) is 0 Å². The van der Waals surface area contributed by atoms with Crippen LogP contribution in [-0.4, -0.2) is 37.6 Å². The second-order valence-electron chi connectivity index (χ2n) is 3.31. The van der Waals surface area contributed by atoms with Crippen LogP contribution >= 0.6 is 0 Å². The zero-order valence-electron chi connectivity index (χ0n) is 10.2. The second kappa shape index (κ2) is 8.32. The van der Waals surface area contributed by atoms with Crippen molar-refractivity contribution >= 4 is 17.8 Å². The van der Waals surface area contributed by atoms with Gasteiger partial charge in [0.15, 0.2) is 0 Å². The average Bonchev–Trinajstić information content (AvgIpc) is 2.32. The first-order valence-electron chi connectivity index (χ1n) is 5.21. The predicted octanol–water partition coefficient (Wildman–Crippen LogP) is 0.173. The molecule has 0 aromatic heterocycles. The quantitative estimate of drug-likeness (QED) is 0.531. The summed E-state index contributed by atoms with van der Waals surface area (Å²) in [5.74, 6) is -1.40. The smallest absolute Gasteiger partial charge is 0.331 e. The molecule has 0 aliphatic rings. The van der Waals surface area contributed by atoms with E-state index in [0.29, 0.717) is 6.42 Å². The summed E-state index contributed by atoms with van der Waals surface area (Å²) < 4.78 is 9.10. The molecule has 0 aliphatic carbocycles. The van der Waals surface area contributed by atoms with Crippen molar-refractivity contribution in [2.45, 2.75) is 26.3 Å². The molecule has 0 saturated carbocycles. The molecule has 0 bridgehead atoms. The summed E-state index contributed by atoms with van der Waals surface area (Å²) in [6.45, 7) is 3.49. The Hall–Kier alpha value is -1.85. The number of carbonyl (C=O) groups is 3. The molecular weight excluding hydrogens is 226 g/mol. The van der Waals surface area contributed by atoms with Gasteiger partial charge in [-0.15, -0.1) is 0 Å². The van der Waals surface area contributed by atoms with Crippen molar-refractivity contribution in [3.63, 3.8) is 0 Å². The molecule has 0 saturated heterocycles. The van der Waals surface area contributed by atoms with E-state index in [2.05, 4.69) is 10.1 Å². The maximum atomic E-state index is 11.1. The Morgan fingerprint density at radius 1 is 1.24 bits per heavy atom. The maximum Gasteiger partial charge on any atom is 0.331 e. The molecule has 96 valence electrons. The first-order valence-corrected chi connectivity index (χ1v) is 5.21. The van der Waals surface area contributed by atoms with Crippen LogP contribution in [0.1, 0.15) is 20.3 Å². The van der Waals surface area contributed by atoms with Gasteiger partial charge in [0.1, 0.15) is 6.61 Å². The molecule has 1 N–H and O–H groups in total. The Kier molecular flexibility index (Phi) is 7.41. The first kappa shape index (κ1) is 15.2. The van der Waals surface area contributed by atoms with Gasteiger partial charge in [-0.1, -0.05) is 6.92 Å². The lowest BCUT2D eigenvalue weighted by molar-refractivity contribution is -0.140. The topological polar surface area (TPSA) is 81.7 Å². The number of hydrogen-bond acceptors (Lipinski definition) is 5. The van der Waals surface area contributed by atoms with Crippen molar-refractivity contribution in [1.29, 1.82) is 0 Å². The fraction of sp³-hybridized carbons (Fsp3) is 0.545. The highest BCUT2D eigenvalue weighted by atomic mass is 16.5. The van der Waals surface area contributed by atoms with Crippen LogP contribution in [0.15, 0.2) is 12.2 Å². The minimum atomic E-state index is -0.659. The molecule has 0 radical (unpaired) electrons. The van der Waals surface area contributed by atoms with Crippen LogP contribution in [0.2, 0.25) is 0 Å². The van der Waals surface area contributed by atoms with Crippen LogP contribution in [0.25, 0.3) is 0 Å². The number of ether oxygens (including phenoxy) is 2. The third-order valence-corrected chi connectivity index (χ3v) is 1.76. The second-order valence-corrected chi connectivity index (χ2v) is 3.31. The summed E-state index contributed by atoms with van der Waals surface area (Å²) >= 11 is 0. The molecule has 0 rings (SSSR count). The van der Waals surface area contributed by atoms with Crippen molar-refractivity contribution in [2.24, 2.45) is 0 Å². The molecule has 1 atom stereocenters. The molecule has 0 spiro atoms. The van der Waals surface area contributed by atoms with E-state index < -0.39 is 11.9 Å². The van der Waals surface area contributed by atoms with Crippen molar-refractivity contribution in [2.75, 3.05) is 13.7 Å². The van der Waals surface area contributed by atoms with Gasteiger partial charge >= 0.3 is 11.9 Å². The van der Waals surface area contributed by atoms with Gasteiger partial charge in [-0.2, -0.15) is 0 Å². The number of amides is 1. The number of nitrogens with one attached hydrogen (secondary N) is 1. The molecule has 6 nitrogen and oxygen atoms in total. The Morgan fingerprint density at radius 3 is 2.35 bits per heavy atom. The third-order valence-electron chi connectivity index (χ3n) is 1.76. The highest BCUT2D eigenvalue weighted by Gasteiger charge is 2.07. The molecule has 6 heteroatoms. The van der Waals surface area contributed by atoms with Crippen LogP contribution in [0.3, 0.4) is 0 Å². The Labute approximate surface area is 100.0 Å². The lowest BCUT2D eigenvalue weighted by atomic mass is 10.3. The van der Waals surface area contributed by atoms with Crippen LogP contribution in [0, 0.1) is 0 Å². The van der Waals surface area contributed by atoms with E-state index in [9.17, 15) is 14.4 Å². The minimum absolute atomic E-state index is 0.0517. The van der Waals surface area contributed by atoms with Crippen LogP contribution in [0.5, 0.6) is 0 Å². The van der Waals surface area contributed by atoms with E-state index in [-0.39, 0.29) is 18.6 Å². The summed E-state index contributed by atoms with van der Waals surface area (Å²) in [6, 6.07) is -0.266. The molecule has 0 heterocycles. The molecule has 17 heavy (non-hydrogen) atoms. The molecule has 0 fully saturated rings.